The molecule has 7 aromatic rings. The monoisotopic (exact) mass is 869 g/mol. The van der Waals surface area contributed by atoms with E-state index in [0.29, 0.717) is 34.4 Å². The van der Waals surface area contributed by atoms with Crippen molar-refractivity contribution in [1.82, 2.24) is 40.5 Å². The normalized spacial score (nSPS) is 18.8. The topological polar surface area (TPSA) is 184 Å². The van der Waals surface area contributed by atoms with E-state index in [1.807, 2.05) is 75.7 Å². The van der Waals surface area contributed by atoms with Crippen LogP contribution in [-0.2, 0) is 9.59 Å². The van der Waals surface area contributed by atoms with Crippen molar-refractivity contribution in [3.63, 3.8) is 0 Å². The highest BCUT2D eigenvalue weighted by Crippen LogP contribution is 2.41. The molecule has 0 spiro atoms. The third-order valence-electron chi connectivity index (χ3n) is 12.1. The predicted octanol–water partition coefficient (Wildman–Crippen LogP) is 7.82. The SMILES string of the molecule is Cc1ncsc1-c1ccc([C@H](C)NC(=O)[C@@H]2C[C@@H](O)CN2C(=O)[C@@H](c2cc(-c3ccnc(N4CCC(c5sc6nnc(-c7ccccc7O)cc6c5C)C4)n3)no2)C(C)C)cc1. The van der Waals surface area contributed by atoms with Gasteiger partial charge >= 0.3 is 0 Å². The number of aromatic hydroxyl groups is 1. The number of rotatable bonds is 11. The first-order valence-electron chi connectivity index (χ1n) is 20.8. The molecule has 14 nitrogen and oxygen atoms in total. The number of aliphatic hydroxyl groups is 1. The third-order valence-corrected chi connectivity index (χ3v) is 14.4. The number of anilines is 1. The Labute approximate surface area is 366 Å². The van der Waals surface area contributed by atoms with Crippen molar-refractivity contribution in [3.8, 4) is 38.8 Å². The Morgan fingerprint density at radius 1 is 0.952 bits per heavy atom. The van der Waals surface area contributed by atoms with Crippen LogP contribution in [-0.4, -0.2) is 89.0 Å². The molecule has 0 bridgehead atoms. The number of benzene rings is 2. The van der Waals surface area contributed by atoms with Gasteiger partial charge in [0.1, 0.15) is 34.0 Å². The van der Waals surface area contributed by atoms with Gasteiger partial charge in [-0.15, -0.1) is 32.9 Å². The lowest BCUT2D eigenvalue weighted by Gasteiger charge is -2.29. The van der Waals surface area contributed by atoms with E-state index in [-0.39, 0.29) is 48.4 Å². The number of fused-ring (bicyclic) bond motifs is 1. The molecule has 2 aliphatic rings. The molecule has 2 aromatic carbocycles. The molecule has 0 aliphatic carbocycles. The van der Waals surface area contributed by atoms with Crippen molar-refractivity contribution in [2.24, 2.45) is 5.92 Å². The number of thiazole rings is 1. The Bertz CT molecular complexity index is 2770. The number of nitrogens with zero attached hydrogens (tertiary/aromatic N) is 8. The van der Waals surface area contributed by atoms with Crippen LogP contribution >= 0.6 is 22.7 Å². The second kappa shape index (κ2) is 17.0. The number of hydrogen-bond donors (Lipinski definition) is 3. The van der Waals surface area contributed by atoms with E-state index in [0.717, 1.165) is 57.0 Å². The molecule has 2 fully saturated rings. The van der Waals surface area contributed by atoms with Crippen molar-refractivity contribution in [3.05, 3.63) is 106 Å². The first-order valence-corrected chi connectivity index (χ1v) is 22.5. The second-order valence-electron chi connectivity index (χ2n) is 16.6. The van der Waals surface area contributed by atoms with Gasteiger partial charge in [0.05, 0.1) is 39.6 Å². The summed E-state index contributed by atoms with van der Waals surface area (Å²) in [5.41, 5.74) is 8.27. The molecule has 5 aromatic heterocycles. The summed E-state index contributed by atoms with van der Waals surface area (Å²) in [5, 5.41) is 38.6. The van der Waals surface area contributed by atoms with Crippen LogP contribution in [0.15, 0.2) is 83.0 Å². The van der Waals surface area contributed by atoms with Crippen LogP contribution in [0.5, 0.6) is 5.75 Å². The molecule has 5 atom stereocenters. The smallest absolute Gasteiger partial charge is 0.243 e. The van der Waals surface area contributed by atoms with Gasteiger partial charge in [-0.2, -0.15) is 0 Å². The number of para-hydroxylation sites is 1. The lowest BCUT2D eigenvalue weighted by Crippen LogP contribution is -2.48. The van der Waals surface area contributed by atoms with Crippen LogP contribution in [0, 0.1) is 19.8 Å². The summed E-state index contributed by atoms with van der Waals surface area (Å²) in [6, 6.07) is 19.5. The molecule has 2 saturated heterocycles. The van der Waals surface area contributed by atoms with Gasteiger partial charge in [0.15, 0.2) is 0 Å². The maximum absolute atomic E-state index is 14.4. The van der Waals surface area contributed by atoms with Crippen molar-refractivity contribution in [2.45, 2.75) is 77.5 Å². The number of nitrogens with one attached hydrogen (secondary N) is 1. The summed E-state index contributed by atoms with van der Waals surface area (Å²) in [6.45, 7) is 11.4. The predicted molar refractivity (Wildman–Crippen MR) is 239 cm³/mol. The number of carbonyl (C=O) groups excluding carboxylic acids is 2. The minimum atomic E-state index is -0.845. The summed E-state index contributed by atoms with van der Waals surface area (Å²) >= 11 is 3.24. The highest BCUT2D eigenvalue weighted by atomic mass is 32.1. The molecule has 1 unspecified atom stereocenters. The summed E-state index contributed by atoms with van der Waals surface area (Å²) < 4.78 is 5.88. The summed E-state index contributed by atoms with van der Waals surface area (Å²) in [6.07, 6.45) is 1.92. The number of aryl methyl sites for hydroxylation is 2. The average molecular weight is 870 g/mol. The van der Waals surface area contributed by atoms with Gasteiger partial charge in [-0.3, -0.25) is 9.59 Å². The van der Waals surface area contributed by atoms with E-state index >= 15 is 0 Å². The quantitative estimate of drug-likeness (QED) is 0.115. The lowest BCUT2D eigenvalue weighted by atomic mass is 9.91. The minimum absolute atomic E-state index is 0.0399. The molecule has 2 amide bonds. The Morgan fingerprint density at radius 3 is 2.52 bits per heavy atom. The molecule has 3 N–H and O–H groups in total. The van der Waals surface area contributed by atoms with Crippen molar-refractivity contribution in [1.29, 1.82) is 0 Å². The molecule has 2 aliphatic heterocycles. The molecular formula is C46H47N9O5S2. The van der Waals surface area contributed by atoms with E-state index in [4.69, 9.17) is 9.51 Å². The number of hydrogen-bond acceptors (Lipinski definition) is 14. The number of β-amino-alcohol motifs (C(OH)–C–C–N with tert-alkyl or cyclic N) is 1. The number of aromatic nitrogens is 6. The fourth-order valence-electron chi connectivity index (χ4n) is 8.72. The zero-order chi connectivity index (χ0) is 43.2. The molecule has 0 saturated carbocycles. The zero-order valence-electron chi connectivity index (χ0n) is 35.0. The van der Waals surface area contributed by atoms with E-state index in [1.54, 1.807) is 53.1 Å². The maximum atomic E-state index is 14.4. The largest absolute Gasteiger partial charge is 0.507 e. The third kappa shape index (κ3) is 7.93. The van der Waals surface area contributed by atoms with Crippen LogP contribution in [0.1, 0.15) is 78.9 Å². The maximum Gasteiger partial charge on any atom is 0.243 e. The Balaban J connectivity index is 0.876. The molecule has 7 heterocycles. The van der Waals surface area contributed by atoms with E-state index in [1.165, 1.54) is 9.78 Å². The van der Waals surface area contributed by atoms with Crippen molar-refractivity contribution in [2.75, 3.05) is 24.5 Å². The highest BCUT2D eigenvalue weighted by Gasteiger charge is 2.43. The number of aliphatic hydroxyl groups excluding tert-OH is 1. The van der Waals surface area contributed by atoms with Gasteiger partial charge < -0.3 is 29.9 Å². The number of amides is 2. The van der Waals surface area contributed by atoms with Crippen LogP contribution in [0.2, 0.25) is 0 Å². The Morgan fingerprint density at radius 2 is 1.76 bits per heavy atom. The Hall–Kier alpha value is -6.10. The molecule has 0 radical (unpaired) electrons. The van der Waals surface area contributed by atoms with Crippen LogP contribution in [0.25, 0.3) is 43.3 Å². The van der Waals surface area contributed by atoms with Gasteiger partial charge in [0, 0.05) is 60.1 Å². The number of likely N-dealkylation sites (tertiary alicyclic amines) is 1. The number of phenols is 1. The standard InChI is InChI=1S/C46H47N9O5S2/c1-24(2)40(45(59)55-22-31(56)18-37(55)43(58)49-26(4)28-10-12-29(13-11-28)42-27(5)48-23-61-42)39-20-36(53-60-39)34-14-16-47-46(50-34)54-17-15-30(21-54)41-25(3)33-19-35(51-52-44(33)62-41)32-8-6-7-9-38(32)57/h6-14,16,19-20,23-24,26,30-31,37,40,56-57H,15,17-18,21-22H2,1-5H3,(H,49,58)/t26-,30?,31+,37-,40+/m0/s1. The Kier molecular flexibility index (Phi) is 11.3. The number of thiophene rings is 1. The van der Waals surface area contributed by atoms with E-state index < -0.39 is 18.1 Å². The van der Waals surface area contributed by atoms with Gasteiger partial charge in [-0.25, -0.2) is 15.0 Å². The zero-order valence-corrected chi connectivity index (χ0v) is 36.7. The van der Waals surface area contributed by atoms with Gasteiger partial charge in [0.25, 0.3) is 0 Å². The van der Waals surface area contributed by atoms with Crippen molar-refractivity contribution < 1.29 is 24.3 Å². The molecule has 9 rings (SSSR count). The highest BCUT2D eigenvalue weighted by molar-refractivity contribution is 7.19. The van der Waals surface area contributed by atoms with Crippen molar-refractivity contribution >= 4 is 50.7 Å². The number of phenolic OH excluding ortho intramolecular Hbond substituents is 1. The first-order chi connectivity index (χ1) is 29.9. The molecule has 318 valence electrons. The van der Waals surface area contributed by atoms with Gasteiger partial charge in [-0.1, -0.05) is 55.4 Å². The van der Waals surface area contributed by atoms with E-state index in [2.05, 4.69) is 42.5 Å². The van der Waals surface area contributed by atoms with Gasteiger partial charge in [0.2, 0.25) is 17.8 Å². The summed E-state index contributed by atoms with van der Waals surface area (Å²) in [5.74, 6) is -0.226. The number of carbonyl (C=O) groups is 2. The second-order valence-corrected chi connectivity index (χ2v) is 18.5. The molecular weight excluding hydrogens is 823 g/mol. The fourth-order valence-corrected chi connectivity index (χ4v) is 10.8. The molecule has 62 heavy (non-hydrogen) atoms. The molecule has 16 heteroatoms. The van der Waals surface area contributed by atoms with Crippen LogP contribution in [0.3, 0.4) is 0 Å². The van der Waals surface area contributed by atoms with Gasteiger partial charge in [-0.05, 0) is 74.1 Å². The summed E-state index contributed by atoms with van der Waals surface area (Å²) in [7, 11) is 0. The average Bonchev–Trinajstić information content (AvgIpc) is 4.13. The van der Waals surface area contributed by atoms with Crippen LogP contribution in [0.4, 0.5) is 5.95 Å². The fraction of sp³-hybridized carbons (Fsp3) is 0.348. The summed E-state index contributed by atoms with van der Waals surface area (Å²) in [4.78, 5) is 48.9. The lowest BCUT2D eigenvalue weighted by molar-refractivity contribution is -0.141. The first kappa shape index (κ1) is 41.3. The van der Waals surface area contributed by atoms with E-state index in [9.17, 15) is 19.8 Å². The minimum Gasteiger partial charge on any atom is -0.507 e. The van der Waals surface area contributed by atoms with Crippen LogP contribution < -0.4 is 10.2 Å².